The zero-order valence-corrected chi connectivity index (χ0v) is 18.7. The molecule has 4 rings (SSSR count). The van der Waals surface area contributed by atoms with Gasteiger partial charge < -0.3 is 10.5 Å². The number of amides is 1. The maximum absolute atomic E-state index is 12.7. The molecule has 166 valence electrons. The summed E-state index contributed by atoms with van der Waals surface area (Å²) in [5.74, 6) is 0.684. The zero-order chi connectivity index (χ0) is 22.4. The van der Waals surface area contributed by atoms with Crippen LogP contribution in [0.25, 0.3) is 11.1 Å². The maximum atomic E-state index is 12.7. The van der Waals surface area contributed by atoms with Crippen LogP contribution in [0.2, 0.25) is 0 Å². The fourth-order valence-corrected chi connectivity index (χ4v) is 4.66. The Morgan fingerprint density at radius 1 is 1.00 bits per heavy atom. The number of nitrogens with two attached hydrogens (primary N) is 1. The van der Waals surface area contributed by atoms with E-state index in [1.165, 1.54) is 5.56 Å². The summed E-state index contributed by atoms with van der Waals surface area (Å²) in [4.78, 5) is 19.1. The first kappa shape index (κ1) is 22.0. The van der Waals surface area contributed by atoms with Gasteiger partial charge in [0, 0.05) is 25.5 Å². The van der Waals surface area contributed by atoms with E-state index in [2.05, 4.69) is 46.3 Å². The largest absolute Gasteiger partial charge is 0.494 e. The quantitative estimate of drug-likeness (QED) is 0.574. The number of hydrogen-bond acceptors (Lipinski definition) is 4. The fraction of sp³-hybridized carbons (Fsp3) is 0.333. The molecule has 1 saturated heterocycles. The molecule has 1 aliphatic heterocycles. The van der Waals surface area contributed by atoms with Gasteiger partial charge in [0.25, 0.3) is 0 Å². The lowest BCUT2D eigenvalue weighted by molar-refractivity contribution is -0.131. The Hall–Kier alpha value is -3.18. The van der Waals surface area contributed by atoms with E-state index in [4.69, 9.17) is 10.5 Å². The average Bonchev–Trinajstić information content (AvgIpc) is 2.82. The van der Waals surface area contributed by atoms with Crippen molar-refractivity contribution in [2.75, 3.05) is 19.7 Å². The van der Waals surface area contributed by atoms with Crippen molar-refractivity contribution in [3.8, 4) is 16.9 Å². The van der Waals surface area contributed by atoms with Crippen molar-refractivity contribution in [2.24, 2.45) is 11.1 Å². The molecule has 1 atom stereocenters. The van der Waals surface area contributed by atoms with Gasteiger partial charge in [-0.05, 0) is 79.3 Å². The van der Waals surface area contributed by atoms with E-state index in [1.54, 1.807) is 12.4 Å². The van der Waals surface area contributed by atoms with Crippen LogP contribution in [0.4, 0.5) is 0 Å². The Morgan fingerprint density at radius 3 is 2.31 bits per heavy atom. The lowest BCUT2D eigenvalue weighted by Crippen LogP contribution is -2.51. The van der Waals surface area contributed by atoms with Gasteiger partial charge in [0.1, 0.15) is 5.75 Å². The van der Waals surface area contributed by atoms with Crippen LogP contribution in [0.5, 0.6) is 5.75 Å². The van der Waals surface area contributed by atoms with E-state index in [0.717, 1.165) is 48.4 Å². The van der Waals surface area contributed by atoms with Crippen LogP contribution in [0.15, 0.2) is 73.1 Å². The summed E-state index contributed by atoms with van der Waals surface area (Å²) in [5.41, 5.74) is 10.1. The fourth-order valence-electron chi connectivity index (χ4n) is 4.66. The van der Waals surface area contributed by atoms with Crippen molar-refractivity contribution < 1.29 is 9.53 Å². The minimum atomic E-state index is -0.540. The highest BCUT2D eigenvalue weighted by Crippen LogP contribution is 2.35. The molecular formula is C27H31N3O2. The molecule has 2 N–H and O–H groups in total. The van der Waals surface area contributed by atoms with E-state index in [-0.39, 0.29) is 5.91 Å². The van der Waals surface area contributed by atoms with Crippen LogP contribution in [0.1, 0.15) is 30.9 Å². The number of piperidine rings is 1. The molecule has 1 fully saturated rings. The third kappa shape index (κ3) is 5.17. The summed E-state index contributed by atoms with van der Waals surface area (Å²) < 4.78 is 5.54. The SMILES string of the molecule is CCOc1ccc(CN2CCCC(Cc3ccc(-c4ccncc4)cc3)(C(N)=O)C2)cc1. The molecule has 3 aromatic rings. The van der Waals surface area contributed by atoms with Gasteiger partial charge in [-0.3, -0.25) is 14.7 Å². The van der Waals surface area contributed by atoms with Gasteiger partial charge in [0.2, 0.25) is 5.91 Å². The van der Waals surface area contributed by atoms with E-state index >= 15 is 0 Å². The first-order valence-corrected chi connectivity index (χ1v) is 11.3. The number of rotatable bonds is 8. The number of primary amides is 1. The van der Waals surface area contributed by atoms with Crippen molar-refractivity contribution >= 4 is 5.91 Å². The number of carbonyl (C=O) groups is 1. The van der Waals surface area contributed by atoms with Gasteiger partial charge in [-0.1, -0.05) is 36.4 Å². The lowest BCUT2D eigenvalue weighted by atomic mass is 9.74. The Morgan fingerprint density at radius 2 is 1.66 bits per heavy atom. The van der Waals surface area contributed by atoms with Gasteiger partial charge in [-0.15, -0.1) is 0 Å². The summed E-state index contributed by atoms with van der Waals surface area (Å²) in [6, 6.07) is 20.7. The first-order chi connectivity index (χ1) is 15.6. The average molecular weight is 430 g/mol. The highest BCUT2D eigenvalue weighted by molar-refractivity contribution is 5.81. The first-order valence-electron chi connectivity index (χ1n) is 11.3. The van der Waals surface area contributed by atoms with Crippen LogP contribution in [-0.2, 0) is 17.8 Å². The molecule has 1 aliphatic rings. The third-order valence-corrected chi connectivity index (χ3v) is 6.33. The van der Waals surface area contributed by atoms with Gasteiger partial charge in [0.05, 0.1) is 12.0 Å². The number of hydrogen-bond donors (Lipinski definition) is 1. The molecule has 0 aliphatic carbocycles. The Kier molecular flexibility index (Phi) is 6.86. The van der Waals surface area contributed by atoms with Crippen LogP contribution < -0.4 is 10.5 Å². The molecule has 5 heteroatoms. The van der Waals surface area contributed by atoms with Crippen molar-refractivity contribution in [3.05, 3.63) is 84.2 Å². The van der Waals surface area contributed by atoms with Crippen molar-refractivity contribution in [3.63, 3.8) is 0 Å². The van der Waals surface area contributed by atoms with E-state index in [1.807, 2.05) is 31.2 Å². The van der Waals surface area contributed by atoms with Gasteiger partial charge >= 0.3 is 0 Å². The zero-order valence-electron chi connectivity index (χ0n) is 18.7. The number of benzene rings is 2. The summed E-state index contributed by atoms with van der Waals surface area (Å²) in [5, 5.41) is 0. The topological polar surface area (TPSA) is 68.4 Å². The van der Waals surface area contributed by atoms with Gasteiger partial charge in [-0.25, -0.2) is 0 Å². The number of likely N-dealkylation sites (tertiary alicyclic amines) is 1. The second kappa shape index (κ2) is 9.96. The number of nitrogens with zero attached hydrogens (tertiary/aromatic N) is 2. The number of carbonyl (C=O) groups excluding carboxylic acids is 1. The highest BCUT2D eigenvalue weighted by Gasteiger charge is 2.40. The van der Waals surface area contributed by atoms with Crippen molar-refractivity contribution in [1.29, 1.82) is 0 Å². The number of aromatic nitrogens is 1. The molecule has 0 saturated carbocycles. The summed E-state index contributed by atoms with van der Waals surface area (Å²) in [7, 11) is 0. The normalized spacial score (nSPS) is 18.9. The predicted octanol–water partition coefficient (Wildman–Crippen LogP) is 4.46. The molecule has 1 unspecified atom stereocenters. The van der Waals surface area contributed by atoms with Crippen LogP contribution in [0.3, 0.4) is 0 Å². The minimum absolute atomic E-state index is 0.202. The molecular weight excluding hydrogens is 398 g/mol. The Bertz CT molecular complexity index is 1020. The molecule has 32 heavy (non-hydrogen) atoms. The van der Waals surface area contributed by atoms with E-state index in [0.29, 0.717) is 19.6 Å². The van der Waals surface area contributed by atoms with Gasteiger partial charge in [0.15, 0.2) is 0 Å². The van der Waals surface area contributed by atoms with Crippen LogP contribution in [-0.4, -0.2) is 35.5 Å². The molecule has 1 amide bonds. The molecule has 0 radical (unpaired) electrons. The third-order valence-electron chi connectivity index (χ3n) is 6.33. The summed E-state index contributed by atoms with van der Waals surface area (Å²) >= 11 is 0. The molecule has 0 bridgehead atoms. The molecule has 1 aromatic heterocycles. The highest BCUT2D eigenvalue weighted by atomic mass is 16.5. The van der Waals surface area contributed by atoms with Gasteiger partial charge in [-0.2, -0.15) is 0 Å². The summed E-state index contributed by atoms with van der Waals surface area (Å²) in [6.07, 6.45) is 6.06. The number of pyridine rings is 1. The summed E-state index contributed by atoms with van der Waals surface area (Å²) in [6.45, 7) is 5.11. The van der Waals surface area contributed by atoms with Crippen molar-refractivity contribution in [2.45, 2.75) is 32.7 Å². The molecule has 2 heterocycles. The molecule has 0 spiro atoms. The Labute approximate surface area is 190 Å². The van der Waals surface area contributed by atoms with E-state index in [9.17, 15) is 4.79 Å². The van der Waals surface area contributed by atoms with E-state index < -0.39 is 5.41 Å². The second-order valence-corrected chi connectivity index (χ2v) is 8.65. The lowest BCUT2D eigenvalue weighted by Gasteiger charge is -2.41. The molecule has 5 nitrogen and oxygen atoms in total. The monoisotopic (exact) mass is 429 g/mol. The van der Waals surface area contributed by atoms with Crippen LogP contribution in [0, 0.1) is 5.41 Å². The van der Waals surface area contributed by atoms with Crippen molar-refractivity contribution in [1.82, 2.24) is 9.88 Å². The smallest absolute Gasteiger partial charge is 0.225 e. The molecule has 2 aromatic carbocycles. The number of ether oxygens (including phenoxy) is 1. The predicted molar refractivity (Wildman–Crippen MR) is 127 cm³/mol. The standard InChI is InChI=1S/C27H31N3O2/c1-2-32-25-10-6-22(7-11-25)19-30-17-3-14-27(20-30,26(28)31)18-21-4-8-23(9-5-21)24-12-15-29-16-13-24/h4-13,15-16H,2-3,14,17-20H2,1H3,(H2,28,31). The Balaban J connectivity index is 1.46. The minimum Gasteiger partial charge on any atom is -0.494 e. The van der Waals surface area contributed by atoms with Crippen LogP contribution >= 0.6 is 0 Å². The maximum Gasteiger partial charge on any atom is 0.225 e. The second-order valence-electron chi connectivity index (χ2n) is 8.65.